The number of halogens is 3. The van der Waals surface area contributed by atoms with E-state index < -0.39 is 6.61 Å². The predicted molar refractivity (Wildman–Crippen MR) is 89.0 cm³/mol. The van der Waals surface area contributed by atoms with Gasteiger partial charge in [0, 0.05) is 10.5 Å². The van der Waals surface area contributed by atoms with Gasteiger partial charge in [-0.05, 0) is 52.6 Å². The van der Waals surface area contributed by atoms with Crippen LogP contribution in [-0.2, 0) is 0 Å². The SMILES string of the molecule is CC(NC(=S)Nc1c(Br)cccc1OC(F)F)C(C)(C)C. The van der Waals surface area contributed by atoms with Crippen LogP contribution in [0.1, 0.15) is 27.7 Å². The van der Waals surface area contributed by atoms with Crippen molar-refractivity contribution in [2.75, 3.05) is 5.32 Å². The molecule has 1 aromatic rings. The lowest BCUT2D eigenvalue weighted by molar-refractivity contribution is -0.0493. The summed E-state index contributed by atoms with van der Waals surface area (Å²) in [5.41, 5.74) is 0.388. The average molecular weight is 381 g/mol. The highest BCUT2D eigenvalue weighted by Crippen LogP contribution is 2.33. The summed E-state index contributed by atoms with van der Waals surface area (Å²) in [7, 11) is 0. The first kappa shape index (κ1) is 18.1. The third-order valence-electron chi connectivity index (χ3n) is 3.08. The highest BCUT2D eigenvalue weighted by molar-refractivity contribution is 9.10. The molecule has 0 spiro atoms. The van der Waals surface area contributed by atoms with E-state index in [0.717, 1.165) is 0 Å². The molecule has 0 aromatic heterocycles. The van der Waals surface area contributed by atoms with E-state index in [2.05, 4.69) is 52.1 Å². The Hall–Kier alpha value is -0.950. The van der Waals surface area contributed by atoms with Gasteiger partial charge >= 0.3 is 6.61 Å². The van der Waals surface area contributed by atoms with Gasteiger partial charge in [0.2, 0.25) is 0 Å². The molecular formula is C14H19BrF2N2OS. The number of para-hydroxylation sites is 1. The average Bonchev–Trinajstić information content (AvgIpc) is 2.31. The number of anilines is 1. The van der Waals surface area contributed by atoms with Crippen molar-refractivity contribution in [3.8, 4) is 5.75 Å². The Labute approximate surface area is 137 Å². The fraction of sp³-hybridized carbons (Fsp3) is 0.500. The summed E-state index contributed by atoms with van der Waals surface area (Å²) in [6, 6.07) is 4.90. The van der Waals surface area contributed by atoms with Gasteiger partial charge in [0.05, 0.1) is 5.69 Å². The topological polar surface area (TPSA) is 33.3 Å². The Kier molecular flexibility index (Phi) is 6.34. The van der Waals surface area contributed by atoms with Gasteiger partial charge < -0.3 is 15.4 Å². The quantitative estimate of drug-likeness (QED) is 0.736. The molecule has 1 unspecified atom stereocenters. The minimum atomic E-state index is -2.89. The van der Waals surface area contributed by atoms with Gasteiger partial charge in [-0.2, -0.15) is 8.78 Å². The van der Waals surface area contributed by atoms with E-state index in [0.29, 0.717) is 15.3 Å². The van der Waals surface area contributed by atoms with E-state index in [1.54, 1.807) is 12.1 Å². The summed E-state index contributed by atoms with van der Waals surface area (Å²) in [6.07, 6.45) is 0. The van der Waals surface area contributed by atoms with Gasteiger partial charge in [-0.25, -0.2) is 0 Å². The number of alkyl halides is 2. The number of ether oxygens (including phenoxy) is 1. The molecule has 0 amide bonds. The Bertz CT molecular complexity index is 506. The van der Waals surface area contributed by atoms with E-state index in [1.165, 1.54) is 6.07 Å². The summed E-state index contributed by atoms with van der Waals surface area (Å²) >= 11 is 8.52. The summed E-state index contributed by atoms with van der Waals surface area (Å²) in [6.45, 7) is 5.35. The minimum Gasteiger partial charge on any atom is -0.433 e. The van der Waals surface area contributed by atoms with Crippen molar-refractivity contribution in [2.45, 2.75) is 40.3 Å². The molecule has 2 N–H and O–H groups in total. The Morgan fingerprint density at radius 3 is 2.48 bits per heavy atom. The van der Waals surface area contributed by atoms with Crippen molar-refractivity contribution in [3.63, 3.8) is 0 Å². The van der Waals surface area contributed by atoms with Gasteiger partial charge in [-0.3, -0.25) is 0 Å². The van der Waals surface area contributed by atoms with E-state index in [4.69, 9.17) is 12.2 Å². The second-order valence-electron chi connectivity index (χ2n) is 5.68. The van der Waals surface area contributed by atoms with Gasteiger partial charge in [-0.15, -0.1) is 0 Å². The molecule has 0 saturated heterocycles. The third-order valence-corrected chi connectivity index (χ3v) is 3.96. The molecule has 7 heteroatoms. The molecule has 0 bridgehead atoms. The van der Waals surface area contributed by atoms with E-state index in [-0.39, 0.29) is 17.2 Å². The molecule has 1 rings (SSSR count). The van der Waals surface area contributed by atoms with Crippen LogP contribution in [0.15, 0.2) is 22.7 Å². The van der Waals surface area contributed by atoms with Gasteiger partial charge in [0.1, 0.15) is 0 Å². The lowest BCUT2D eigenvalue weighted by Gasteiger charge is -2.29. The monoisotopic (exact) mass is 380 g/mol. The lowest BCUT2D eigenvalue weighted by atomic mass is 9.88. The van der Waals surface area contributed by atoms with Crippen molar-refractivity contribution in [2.24, 2.45) is 5.41 Å². The lowest BCUT2D eigenvalue weighted by Crippen LogP contribution is -2.43. The molecule has 118 valence electrons. The standard InChI is InChI=1S/C14H19BrF2N2OS/c1-8(14(2,3)4)18-13(21)19-11-9(15)6-5-7-10(11)20-12(16)17/h5-8,12H,1-4H3,(H2,18,19,21). The zero-order chi connectivity index (χ0) is 16.2. The molecule has 0 aliphatic carbocycles. The largest absolute Gasteiger partial charge is 0.433 e. The van der Waals surface area contributed by atoms with Crippen molar-refractivity contribution in [3.05, 3.63) is 22.7 Å². The molecule has 0 radical (unpaired) electrons. The Balaban J connectivity index is 2.85. The first-order chi connectivity index (χ1) is 9.61. The fourth-order valence-electron chi connectivity index (χ4n) is 1.38. The third kappa shape index (κ3) is 5.74. The molecule has 1 atom stereocenters. The number of hydrogen-bond donors (Lipinski definition) is 2. The summed E-state index contributed by atoms with van der Waals surface area (Å²) < 4.78 is 29.9. The maximum atomic E-state index is 12.4. The van der Waals surface area contributed by atoms with Crippen LogP contribution in [0.3, 0.4) is 0 Å². The number of rotatable bonds is 4. The maximum absolute atomic E-state index is 12.4. The van der Waals surface area contributed by atoms with Gasteiger partial charge in [0.15, 0.2) is 10.9 Å². The predicted octanol–water partition coefficient (Wildman–Crippen LogP) is 4.77. The first-order valence-corrected chi connectivity index (χ1v) is 7.62. The molecule has 0 heterocycles. The molecule has 3 nitrogen and oxygen atoms in total. The highest BCUT2D eigenvalue weighted by Gasteiger charge is 2.21. The van der Waals surface area contributed by atoms with Crippen LogP contribution >= 0.6 is 28.1 Å². The Morgan fingerprint density at radius 1 is 1.33 bits per heavy atom. The summed E-state index contributed by atoms with van der Waals surface area (Å²) in [4.78, 5) is 0. The minimum absolute atomic E-state index is 0.0158. The number of thiocarbonyl (C=S) groups is 1. The molecule has 0 saturated carbocycles. The number of benzene rings is 1. The molecule has 0 aliphatic heterocycles. The summed E-state index contributed by atoms with van der Waals surface area (Å²) in [5.74, 6) is 0.0342. The fourth-order valence-corrected chi connectivity index (χ4v) is 2.11. The van der Waals surface area contributed by atoms with Crippen LogP contribution in [0.4, 0.5) is 14.5 Å². The van der Waals surface area contributed by atoms with E-state index in [9.17, 15) is 8.78 Å². The molecular weight excluding hydrogens is 362 g/mol. The van der Waals surface area contributed by atoms with Crippen molar-refractivity contribution >= 4 is 38.9 Å². The van der Waals surface area contributed by atoms with Gasteiger partial charge in [-0.1, -0.05) is 26.8 Å². The molecule has 0 fully saturated rings. The van der Waals surface area contributed by atoms with Crippen LogP contribution in [0.25, 0.3) is 0 Å². The first-order valence-electron chi connectivity index (χ1n) is 6.42. The normalized spacial score (nSPS) is 13.0. The van der Waals surface area contributed by atoms with E-state index >= 15 is 0 Å². The van der Waals surface area contributed by atoms with Crippen LogP contribution in [0.5, 0.6) is 5.75 Å². The van der Waals surface area contributed by atoms with Crippen LogP contribution in [0.2, 0.25) is 0 Å². The molecule has 21 heavy (non-hydrogen) atoms. The second-order valence-corrected chi connectivity index (χ2v) is 6.94. The van der Waals surface area contributed by atoms with Crippen LogP contribution < -0.4 is 15.4 Å². The Morgan fingerprint density at radius 2 is 1.95 bits per heavy atom. The van der Waals surface area contributed by atoms with Crippen LogP contribution in [-0.4, -0.2) is 17.8 Å². The highest BCUT2D eigenvalue weighted by atomic mass is 79.9. The van der Waals surface area contributed by atoms with Crippen molar-refractivity contribution in [1.29, 1.82) is 0 Å². The molecule has 0 aliphatic rings. The van der Waals surface area contributed by atoms with Crippen molar-refractivity contribution < 1.29 is 13.5 Å². The maximum Gasteiger partial charge on any atom is 0.387 e. The second kappa shape index (κ2) is 7.35. The zero-order valence-corrected chi connectivity index (χ0v) is 14.7. The number of nitrogens with one attached hydrogen (secondary N) is 2. The van der Waals surface area contributed by atoms with Crippen molar-refractivity contribution in [1.82, 2.24) is 5.32 Å². The molecule has 1 aromatic carbocycles. The smallest absolute Gasteiger partial charge is 0.387 e. The number of hydrogen-bond acceptors (Lipinski definition) is 2. The zero-order valence-electron chi connectivity index (χ0n) is 12.3. The van der Waals surface area contributed by atoms with E-state index in [1.807, 2.05) is 6.92 Å². The van der Waals surface area contributed by atoms with Gasteiger partial charge in [0.25, 0.3) is 0 Å². The van der Waals surface area contributed by atoms with Crippen LogP contribution in [0, 0.1) is 5.41 Å². The summed E-state index contributed by atoms with van der Waals surface area (Å²) in [5, 5.41) is 6.39.